The minimum atomic E-state index is -0.570. The van der Waals surface area contributed by atoms with Gasteiger partial charge in [-0.2, -0.15) is 0 Å². The first-order valence-electron chi connectivity index (χ1n) is 12.2. The molecule has 0 aliphatic carbocycles. The third-order valence-corrected chi connectivity index (χ3v) is 6.42. The van der Waals surface area contributed by atoms with Gasteiger partial charge in [-0.05, 0) is 82.2 Å². The van der Waals surface area contributed by atoms with Crippen LogP contribution in [0.4, 0.5) is 0 Å². The molecule has 2 heterocycles. The first-order chi connectivity index (χ1) is 16.8. The van der Waals surface area contributed by atoms with Crippen molar-refractivity contribution in [2.75, 3.05) is 40.4 Å². The second-order valence-corrected chi connectivity index (χ2v) is 9.30. The van der Waals surface area contributed by atoms with Crippen LogP contribution in [0, 0.1) is 13.8 Å². The minimum Gasteiger partial charge on any atom is -0.490 e. The molecule has 1 aliphatic heterocycles. The molecular weight excluding hydrogens is 444 g/mol. The first-order valence-corrected chi connectivity index (χ1v) is 12.2. The summed E-state index contributed by atoms with van der Waals surface area (Å²) < 4.78 is 17.9. The van der Waals surface area contributed by atoms with E-state index in [1.54, 1.807) is 4.90 Å². The van der Waals surface area contributed by atoms with Crippen molar-refractivity contribution in [2.45, 2.75) is 40.2 Å². The molecule has 1 atom stereocenters. The number of nitrogens with zero attached hydrogens (tertiary/aromatic N) is 2. The van der Waals surface area contributed by atoms with E-state index in [-0.39, 0.29) is 17.1 Å². The van der Waals surface area contributed by atoms with Gasteiger partial charge in [0.1, 0.15) is 5.58 Å². The van der Waals surface area contributed by atoms with Gasteiger partial charge in [-0.25, -0.2) is 0 Å². The lowest BCUT2D eigenvalue weighted by Gasteiger charge is -2.27. The van der Waals surface area contributed by atoms with Crippen molar-refractivity contribution in [1.82, 2.24) is 9.80 Å². The van der Waals surface area contributed by atoms with E-state index in [0.29, 0.717) is 54.3 Å². The van der Waals surface area contributed by atoms with Crippen molar-refractivity contribution in [3.63, 3.8) is 0 Å². The Kier molecular flexibility index (Phi) is 7.17. The number of likely N-dealkylation sites (N-methyl/N-ethyl adjacent to an activating group) is 1. The van der Waals surface area contributed by atoms with Gasteiger partial charge in [0, 0.05) is 13.1 Å². The van der Waals surface area contributed by atoms with Crippen LogP contribution in [0.25, 0.3) is 11.0 Å². The number of fused-ring (bicyclic) bond motifs is 2. The highest BCUT2D eigenvalue weighted by Gasteiger charge is 2.42. The summed E-state index contributed by atoms with van der Waals surface area (Å²) in [4.78, 5) is 31.1. The molecule has 1 aromatic heterocycles. The Morgan fingerprint density at radius 3 is 2.43 bits per heavy atom. The normalized spacial score (nSPS) is 15.2. The summed E-state index contributed by atoms with van der Waals surface area (Å²) in [6, 6.07) is 8.78. The summed E-state index contributed by atoms with van der Waals surface area (Å²) in [6.07, 6.45) is 0.878. The molecule has 4 rings (SSSR count). The smallest absolute Gasteiger partial charge is 0.290 e. The molecule has 35 heavy (non-hydrogen) atoms. The molecular formula is C28H34N2O5. The molecule has 0 radical (unpaired) electrons. The van der Waals surface area contributed by atoms with E-state index >= 15 is 0 Å². The Morgan fingerprint density at radius 1 is 1.00 bits per heavy atom. The van der Waals surface area contributed by atoms with Gasteiger partial charge in [-0.1, -0.05) is 13.0 Å². The molecule has 186 valence electrons. The standard InChI is InChI=1S/C28H34N2O5/c1-7-13-34-21-10-9-19(16-23(21)33-8-2)25-24-26(31)20-14-17(3)18(4)15-22(20)35-27(24)28(32)30(25)12-11-29(5)6/h9-10,14-16,25H,7-8,11-13H2,1-6H3. The Labute approximate surface area is 206 Å². The Balaban J connectivity index is 1.91. The van der Waals surface area contributed by atoms with Crippen molar-refractivity contribution >= 4 is 16.9 Å². The molecule has 0 saturated heterocycles. The molecule has 7 nitrogen and oxygen atoms in total. The maximum Gasteiger partial charge on any atom is 0.290 e. The quantitative estimate of drug-likeness (QED) is 0.444. The van der Waals surface area contributed by atoms with Crippen LogP contribution in [0.2, 0.25) is 0 Å². The number of rotatable bonds is 9. The van der Waals surface area contributed by atoms with Crippen LogP contribution in [-0.2, 0) is 0 Å². The molecule has 0 fully saturated rings. The van der Waals surface area contributed by atoms with Crippen LogP contribution < -0.4 is 14.9 Å². The van der Waals surface area contributed by atoms with Gasteiger partial charge in [0.25, 0.3) is 5.91 Å². The SMILES string of the molecule is CCCOc1ccc(C2c3c(oc4cc(C)c(C)cc4c3=O)C(=O)N2CCN(C)C)cc1OCC. The van der Waals surface area contributed by atoms with Crippen molar-refractivity contribution < 1.29 is 18.7 Å². The summed E-state index contributed by atoms with van der Waals surface area (Å²) in [7, 11) is 3.91. The highest BCUT2D eigenvalue weighted by molar-refractivity contribution is 5.99. The van der Waals surface area contributed by atoms with Crippen LogP contribution >= 0.6 is 0 Å². The van der Waals surface area contributed by atoms with Crippen LogP contribution in [0.3, 0.4) is 0 Å². The molecule has 0 spiro atoms. The van der Waals surface area contributed by atoms with Gasteiger partial charge >= 0.3 is 0 Å². The van der Waals surface area contributed by atoms with Crippen LogP contribution in [0.15, 0.2) is 39.5 Å². The lowest BCUT2D eigenvalue weighted by molar-refractivity contribution is 0.0716. The van der Waals surface area contributed by atoms with Crippen molar-refractivity contribution in [1.29, 1.82) is 0 Å². The van der Waals surface area contributed by atoms with Gasteiger partial charge < -0.3 is 23.7 Å². The summed E-state index contributed by atoms with van der Waals surface area (Å²) in [5.41, 5.74) is 3.46. The number of hydrogen-bond acceptors (Lipinski definition) is 6. The maximum absolute atomic E-state index is 13.8. The van der Waals surface area contributed by atoms with E-state index in [9.17, 15) is 9.59 Å². The highest BCUT2D eigenvalue weighted by atomic mass is 16.5. The van der Waals surface area contributed by atoms with Crippen LogP contribution in [-0.4, -0.2) is 56.1 Å². The average Bonchev–Trinajstić information content (AvgIpc) is 3.10. The molecule has 0 saturated carbocycles. The van der Waals surface area contributed by atoms with E-state index < -0.39 is 6.04 Å². The zero-order chi connectivity index (χ0) is 25.3. The summed E-state index contributed by atoms with van der Waals surface area (Å²) in [5, 5.41) is 0.493. The van der Waals surface area contributed by atoms with Gasteiger partial charge in [-0.15, -0.1) is 0 Å². The number of hydrogen-bond donors (Lipinski definition) is 0. The minimum absolute atomic E-state index is 0.124. The number of carbonyl (C=O) groups excluding carboxylic acids is 1. The summed E-state index contributed by atoms with van der Waals surface area (Å²) in [6.45, 7) is 10.1. The fraction of sp³-hybridized carbons (Fsp3) is 0.429. The van der Waals surface area contributed by atoms with Crippen molar-refractivity contribution in [3.8, 4) is 11.5 Å². The molecule has 2 aromatic carbocycles. The maximum atomic E-state index is 13.8. The zero-order valence-corrected chi connectivity index (χ0v) is 21.4. The monoisotopic (exact) mass is 478 g/mol. The lowest BCUT2D eigenvalue weighted by atomic mass is 9.97. The van der Waals surface area contributed by atoms with Crippen molar-refractivity contribution in [2.24, 2.45) is 0 Å². The Morgan fingerprint density at radius 2 is 1.74 bits per heavy atom. The van der Waals surface area contributed by atoms with Crippen LogP contribution in [0.1, 0.15) is 59.1 Å². The number of carbonyl (C=O) groups is 1. The van der Waals surface area contributed by atoms with Gasteiger partial charge in [0.05, 0.1) is 30.2 Å². The molecule has 1 unspecified atom stereocenters. The van der Waals surface area contributed by atoms with Gasteiger partial charge in [-0.3, -0.25) is 9.59 Å². The Bertz CT molecular complexity index is 1310. The molecule has 1 aliphatic rings. The molecule has 0 N–H and O–H groups in total. The highest BCUT2D eigenvalue weighted by Crippen LogP contribution is 2.41. The average molecular weight is 479 g/mol. The van der Waals surface area contributed by atoms with Gasteiger partial charge in [0.15, 0.2) is 16.9 Å². The van der Waals surface area contributed by atoms with E-state index in [2.05, 4.69) is 0 Å². The van der Waals surface area contributed by atoms with E-state index in [1.165, 1.54) is 0 Å². The lowest BCUT2D eigenvalue weighted by Crippen LogP contribution is -2.35. The fourth-order valence-corrected chi connectivity index (χ4v) is 4.45. The first kappa shape index (κ1) is 24.8. The van der Waals surface area contributed by atoms with E-state index in [4.69, 9.17) is 13.9 Å². The predicted octanol–water partition coefficient (Wildman–Crippen LogP) is 4.70. The topological polar surface area (TPSA) is 72.2 Å². The Hall–Kier alpha value is -3.32. The zero-order valence-electron chi connectivity index (χ0n) is 21.4. The molecule has 1 amide bonds. The second kappa shape index (κ2) is 10.1. The largest absolute Gasteiger partial charge is 0.490 e. The fourth-order valence-electron chi connectivity index (χ4n) is 4.45. The third-order valence-electron chi connectivity index (χ3n) is 6.42. The third kappa shape index (κ3) is 4.65. The molecule has 0 bridgehead atoms. The van der Waals surface area contributed by atoms with Gasteiger partial charge in [0.2, 0.25) is 5.76 Å². The predicted molar refractivity (Wildman–Crippen MR) is 137 cm³/mol. The molecule has 3 aromatic rings. The number of aryl methyl sites for hydroxylation is 2. The second-order valence-electron chi connectivity index (χ2n) is 9.30. The number of amides is 1. The summed E-state index contributed by atoms with van der Waals surface area (Å²) in [5.74, 6) is 1.11. The molecule has 7 heteroatoms. The summed E-state index contributed by atoms with van der Waals surface area (Å²) >= 11 is 0. The number of benzene rings is 2. The van der Waals surface area contributed by atoms with Crippen molar-refractivity contribution in [3.05, 3.63) is 68.6 Å². The number of ether oxygens (including phenoxy) is 2. The van der Waals surface area contributed by atoms with Crippen LogP contribution in [0.5, 0.6) is 11.5 Å². The van der Waals surface area contributed by atoms with E-state index in [0.717, 1.165) is 23.1 Å². The van der Waals surface area contributed by atoms with E-state index in [1.807, 2.05) is 77.0 Å².